The van der Waals surface area contributed by atoms with Gasteiger partial charge in [0.05, 0.1) is 12.2 Å². The molecular weight excluding hydrogens is 300 g/mol. The van der Waals surface area contributed by atoms with Crippen molar-refractivity contribution in [3.8, 4) is 0 Å². The van der Waals surface area contributed by atoms with Crippen molar-refractivity contribution in [3.63, 3.8) is 0 Å². The summed E-state index contributed by atoms with van der Waals surface area (Å²) >= 11 is 0. The molecule has 0 aromatic carbocycles. The van der Waals surface area contributed by atoms with E-state index in [0.717, 1.165) is 44.4 Å². The molecule has 4 fully saturated rings. The van der Waals surface area contributed by atoms with Gasteiger partial charge in [0, 0.05) is 5.41 Å². The van der Waals surface area contributed by atoms with Crippen molar-refractivity contribution in [1.29, 1.82) is 0 Å². The fraction of sp³-hybridized carbons (Fsp3) is 0.857. The quantitative estimate of drug-likeness (QED) is 0.590. The van der Waals surface area contributed by atoms with Crippen LogP contribution in [-0.2, 0) is 9.53 Å². The minimum atomic E-state index is -0.448. The maximum atomic E-state index is 12.4. The smallest absolute Gasteiger partial charge is 0.164 e. The highest BCUT2D eigenvalue weighted by Crippen LogP contribution is 2.73. The van der Waals surface area contributed by atoms with E-state index in [0.29, 0.717) is 11.8 Å². The van der Waals surface area contributed by atoms with Crippen molar-refractivity contribution >= 4 is 5.78 Å². The second-order valence-corrected chi connectivity index (χ2v) is 9.75. The third kappa shape index (κ3) is 1.60. The van der Waals surface area contributed by atoms with Gasteiger partial charge in [-0.1, -0.05) is 25.5 Å². The zero-order valence-corrected chi connectivity index (χ0v) is 15.2. The fourth-order valence-corrected chi connectivity index (χ4v) is 7.71. The topological polar surface area (TPSA) is 49.8 Å². The first kappa shape index (κ1) is 15.6. The molecule has 0 unspecified atom stereocenters. The zero-order chi connectivity index (χ0) is 16.9. The molecule has 0 radical (unpaired) electrons. The molecule has 5 rings (SSSR count). The molecule has 8 atom stereocenters. The van der Waals surface area contributed by atoms with Gasteiger partial charge in [-0.3, -0.25) is 4.79 Å². The van der Waals surface area contributed by atoms with Crippen molar-refractivity contribution in [2.75, 3.05) is 0 Å². The van der Waals surface area contributed by atoms with Crippen molar-refractivity contribution in [3.05, 3.63) is 11.6 Å². The Balaban J connectivity index is 1.51. The van der Waals surface area contributed by atoms with Crippen LogP contribution < -0.4 is 0 Å². The van der Waals surface area contributed by atoms with E-state index in [9.17, 15) is 9.90 Å². The monoisotopic (exact) mass is 330 g/mol. The molecule has 4 aliphatic carbocycles. The van der Waals surface area contributed by atoms with Crippen LogP contribution in [0.2, 0.25) is 0 Å². The standard InChI is InChI=1S/C21H30O3/c1-12(22)21-18(24-21)11-17-15-5-4-13-10-14(23)6-8-19(13,2)16(15)7-9-20(17,21)3/h4,14-18,23H,5-11H2,1-3H3/t14-,15-,16-,17+,18+,19+,20-,21+/m1/s1. The van der Waals surface area contributed by atoms with Crippen LogP contribution in [0.5, 0.6) is 0 Å². The van der Waals surface area contributed by atoms with Gasteiger partial charge in [0.1, 0.15) is 0 Å². The number of carbonyl (C=O) groups excluding carboxylic acids is 1. The Morgan fingerprint density at radius 2 is 2.04 bits per heavy atom. The molecule has 1 heterocycles. The Hall–Kier alpha value is -0.670. The number of rotatable bonds is 1. The SMILES string of the molecule is CC(=O)[C@]12O[C@H]1C[C@H]1[C@@H]3CC=C4C[C@H](O)CC[C@]4(C)[C@@H]3CC[C@]12C. The van der Waals surface area contributed by atoms with E-state index >= 15 is 0 Å². The van der Waals surface area contributed by atoms with E-state index in [4.69, 9.17) is 4.74 Å². The van der Waals surface area contributed by atoms with Crippen LogP contribution in [0.1, 0.15) is 65.7 Å². The summed E-state index contributed by atoms with van der Waals surface area (Å²) in [6.45, 7) is 6.54. The average Bonchev–Trinajstić information content (AvgIpc) is 3.21. The van der Waals surface area contributed by atoms with E-state index in [2.05, 4.69) is 19.9 Å². The molecule has 1 saturated heterocycles. The Morgan fingerprint density at radius 1 is 1.25 bits per heavy atom. The van der Waals surface area contributed by atoms with Gasteiger partial charge in [-0.05, 0) is 75.0 Å². The molecule has 0 bridgehead atoms. The lowest BCUT2D eigenvalue weighted by molar-refractivity contribution is -0.135. The molecule has 132 valence electrons. The molecule has 0 aromatic heterocycles. The van der Waals surface area contributed by atoms with Gasteiger partial charge < -0.3 is 9.84 Å². The summed E-state index contributed by atoms with van der Waals surface area (Å²) in [4.78, 5) is 12.4. The van der Waals surface area contributed by atoms with Crippen molar-refractivity contribution < 1.29 is 14.6 Å². The molecule has 0 amide bonds. The Kier molecular flexibility index (Phi) is 2.94. The maximum Gasteiger partial charge on any atom is 0.164 e. The van der Waals surface area contributed by atoms with Gasteiger partial charge in [-0.15, -0.1) is 0 Å². The fourth-order valence-electron chi connectivity index (χ4n) is 7.71. The van der Waals surface area contributed by atoms with E-state index in [-0.39, 0.29) is 28.8 Å². The van der Waals surface area contributed by atoms with Crippen LogP contribution in [0.4, 0.5) is 0 Å². The van der Waals surface area contributed by atoms with E-state index in [1.54, 1.807) is 6.92 Å². The molecular formula is C21H30O3. The minimum Gasteiger partial charge on any atom is -0.393 e. The number of hydrogen-bond donors (Lipinski definition) is 1. The summed E-state index contributed by atoms with van der Waals surface area (Å²) in [6, 6.07) is 0. The lowest BCUT2D eigenvalue weighted by Gasteiger charge is -2.58. The Labute approximate surface area is 144 Å². The van der Waals surface area contributed by atoms with E-state index in [1.807, 2.05) is 0 Å². The molecule has 5 aliphatic rings. The van der Waals surface area contributed by atoms with Crippen LogP contribution in [0, 0.1) is 28.6 Å². The summed E-state index contributed by atoms with van der Waals surface area (Å²) in [6.07, 6.45) is 10.0. The summed E-state index contributed by atoms with van der Waals surface area (Å²) in [5, 5.41) is 10.1. The first-order valence-electron chi connectivity index (χ1n) is 9.89. The number of epoxide rings is 1. The summed E-state index contributed by atoms with van der Waals surface area (Å²) in [5.74, 6) is 2.31. The Morgan fingerprint density at radius 3 is 2.79 bits per heavy atom. The van der Waals surface area contributed by atoms with Gasteiger partial charge in [-0.2, -0.15) is 0 Å². The first-order valence-corrected chi connectivity index (χ1v) is 9.89. The van der Waals surface area contributed by atoms with Gasteiger partial charge in [0.2, 0.25) is 0 Å². The number of aliphatic hydroxyl groups is 1. The van der Waals surface area contributed by atoms with Gasteiger partial charge in [0.15, 0.2) is 11.4 Å². The highest BCUT2D eigenvalue weighted by Gasteiger charge is 2.79. The van der Waals surface area contributed by atoms with Gasteiger partial charge >= 0.3 is 0 Å². The summed E-state index contributed by atoms with van der Waals surface area (Å²) in [7, 11) is 0. The predicted molar refractivity (Wildman–Crippen MR) is 91.4 cm³/mol. The molecule has 1 aliphatic heterocycles. The van der Waals surface area contributed by atoms with Gasteiger partial charge in [0.25, 0.3) is 0 Å². The minimum absolute atomic E-state index is 0.0422. The molecule has 24 heavy (non-hydrogen) atoms. The van der Waals surface area contributed by atoms with Crippen LogP contribution >= 0.6 is 0 Å². The lowest BCUT2D eigenvalue weighted by Crippen LogP contribution is -2.54. The number of aliphatic hydroxyl groups excluding tert-OH is 1. The summed E-state index contributed by atoms with van der Waals surface area (Å²) < 4.78 is 6.00. The normalized spacial score (nSPS) is 58.0. The maximum absolute atomic E-state index is 12.4. The number of allylic oxidation sites excluding steroid dienone is 1. The highest BCUT2D eigenvalue weighted by atomic mass is 16.6. The van der Waals surface area contributed by atoms with Crippen molar-refractivity contribution in [1.82, 2.24) is 0 Å². The van der Waals surface area contributed by atoms with Gasteiger partial charge in [-0.25, -0.2) is 0 Å². The zero-order valence-electron chi connectivity index (χ0n) is 15.2. The molecule has 3 nitrogen and oxygen atoms in total. The van der Waals surface area contributed by atoms with Crippen LogP contribution in [0.25, 0.3) is 0 Å². The van der Waals surface area contributed by atoms with Crippen LogP contribution in [0.15, 0.2) is 11.6 Å². The third-order valence-corrected chi connectivity index (χ3v) is 9.03. The van der Waals surface area contributed by atoms with E-state index < -0.39 is 5.60 Å². The number of fused-ring (bicyclic) bond motifs is 7. The van der Waals surface area contributed by atoms with Crippen LogP contribution in [-0.4, -0.2) is 28.7 Å². The number of hydrogen-bond acceptors (Lipinski definition) is 3. The molecule has 0 aromatic rings. The largest absolute Gasteiger partial charge is 0.393 e. The second kappa shape index (κ2) is 4.54. The molecule has 3 saturated carbocycles. The predicted octanol–water partition coefficient (Wildman–Crippen LogP) is 3.65. The van der Waals surface area contributed by atoms with E-state index in [1.165, 1.54) is 12.0 Å². The molecule has 3 heteroatoms. The number of Topliss-reactive ketones (excluding diaryl/α,β-unsaturated/α-hetero) is 1. The van der Waals surface area contributed by atoms with Crippen LogP contribution in [0.3, 0.4) is 0 Å². The number of ether oxygens (including phenoxy) is 1. The second-order valence-electron chi connectivity index (χ2n) is 9.75. The average molecular weight is 330 g/mol. The highest BCUT2D eigenvalue weighted by molar-refractivity contribution is 5.90. The first-order chi connectivity index (χ1) is 11.3. The summed E-state index contributed by atoms with van der Waals surface area (Å²) in [5.41, 5.74) is 1.39. The molecule has 1 N–H and O–H groups in total. The Bertz CT molecular complexity index is 639. The lowest BCUT2D eigenvalue weighted by atomic mass is 9.47. The third-order valence-electron chi connectivity index (χ3n) is 9.03. The number of carbonyl (C=O) groups is 1. The molecule has 0 spiro atoms. The number of ketones is 1. The van der Waals surface area contributed by atoms with Crippen molar-refractivity contribution in [2.24, 2.45) is 28.6 Å². The van der Waals surface area contributed by atoms with Crippen molar-refractivity contribution in [2.45, 2.75) is 83.5 Å².